The summed E-state index contributed by atoms with van der Waals surface area (Å²) in [5.74, 6) is -2.81. The molecule has 0 saturated heterocycles. The molecule has 0 bridgehead atoms. The van der Waals surface area contributed by atoms with Gasteiger partial charge >= 0.3 is 18.4 Å². The maximum atomic E-state index is 14.2. The fraction of sp³-hybridized carbons (Fsp3) is 0.200. The quantitative estimate of drug-likeness (QED) is 0.200. The molecule has 1 aromatic carbocycles. The standard InChI is InChI=1S/C25H20F4N6O5/c1-12-17(20-6-7-22-32-21(11-35(22)34-20)33-24(38)39-14(3)36)9-18(13(2)31-12)23(37)30-10-15-8-16(4-5-19(15)26)40-25(27,28)29/h4-9,11H,10H2,1-3H3,(H,30,37)(H,33,38). The van der Waals surface area contributed by atoms with Crippen molar-refractivity contribution >= 4 is 29.4 Å². The molecular weight excluding hydrogens is 540 g/mol. The second kappa shape index (κ2) is 11.0. The smallest absolute Gasteiger partial charge is 0.406 e. The number of rotatable bonds is 6. The van der Waals surface area contributed by atoms with Gasteiger partial charge in [-0.25, -0.2) is 18.7 Å². The zero-order chi connectivity index (χ0) is 29.2. The molecule has 3 aromatic heterocycles. The number of alkyl halides is 3. The van der Waals surface area contributed by atoms with Crippen LogP contribution in [0.5, 0.6) is 5.75 Å². The Hall–Kier alpha value is -5.08. The van der Waals surface area contributed by atoms with Crippen LogP contribution in [0.15, 0.2) is 42.6 Å². The Morgan fingerprint density at radius 1 is 1.02 bits per heavy atom. The number of fused-ring (bicyclic) bond motifs is 1. The van der Waals surface area contributed by atoms with Crippen molar-refractivity contribution in [3.05, 3.63) is 70.9 Å². The number of hydrogen-bond acceptors (Lipinski definition) is 8. The van der Waals surface area contributed by atoms with Gasteiger partial charge < -0.3 is 14.8 Å². The number of amides is 2. The molecule has 208 valence electrons. The molecule has 0 aliphatic rings. The lowest BCUT2D eigenvalue weighted by Crippen LogP contribution is -2.25. The number of esters is 1. The van der Waals surface area contributed by atoms with E-state index in [1.807, 2.05) is 0 Å². The molecule has 2 amide bonds. The van der Waals surface area contributed by atoms with Gasteiger partial charge in [-0.05, 0) is 50.2 Å². The van der Waals surface area contributed by atoms with E-state index in [-0.39, 0.29) is 16.9 Å². The summed E-state index contributed by atoms with van der Waals surface area (Å²) in [6.45, 7) is 3.96. The number of benzene rings is 1. The predicted molar refractivity (Wildman–Crippen MR) is 131 cm³/mol. The number of aromatic nitrogens is 4. The number of nitrogens with zero attached hydrogens (tertiary/aromatic N) is 4. The Balaban J connectivity index is 1.55. The van der Waals surface area contributed by atoms with Gasteiger partial charge in [-0.15, -0.1) is 13.2 Å². The molecule has 0 aliphatic carbocycles. The Bertz CT molecular complexity index is 1640. The summed E-state index contributed by atoms with van der Waals surface area (Å²) in [7, 11) is 0. The third-order valence-corrected chi connectivity index (χ3v) is 5.40. The summed E-state index contributed by atoms with van der Waals surface area (Å²) in [5.41, 5.74) is 2.03. The number of aryl methyl sites for hydroxylation is 2. The van der Waals surface area contributed by atoms with Crippen LogP contribution in [0.2, 0.25) is 0 Å². The first-order valence-corrected chi connectivity index (χ1v) is 11.5. The van der Waals surface area contributed by atoms with E-state index in [2.05, 4.69) is 35.2 Å². The van der Waals surface area contributed by atoms with Gasteiger partial charge in [0.1, 0.15) is 11.6 Å². The Morgan fingerprint density at radius 2 is 1.77 bits per heavy atom. The van der Waals surface area contributed by atoms with Crippen molar-refractivity contribution in [2.24, 2.45) is 0 Å². The fourth-order valence-corrected chi connectivity index (χ4v) is 3.72. The van der Waals surface area contributed by atoms with Crippen molar-refractivity contribution in [3.8, 4) is 17.0 Å². The Labute approximate surface area is 223 Å². The normalized spacial score (nSPS) is 11.3. The van der Waals surface area contributed by atoms with Gasteiger partial charge in [-0.3, -0.25) is 19.9 Å². The van der Waals surface area contributed by atoms with Crippen LogP contribution in [0, 0.1) is 19.7 Å². The van der Waals surface area contributed by atoms with Gasteiger partial charge in [-0.1, -0.05) is 0 Å². The number of pyridine rings is 1. The molecular formula is C25H20F4N6O5. The van der Waals surface area contributed by atoms with Gasteiger partial charge in [0, 0.05) is 30.3 Å². The molecule has 0 spiro atoms. The molecule has 0 unspecified atom stereocenters. The molecule has 4 rings (SSSR count). The largest absolute Gasteiger partial charge is 0.573 e. The van der Waals surface area contributed by atoms with Gasteiger partial charge in [0.05, 0.1) is 23.1 Å². The van der Waals surface area contributed by atoms with Crippen LogP contribution in [0.1, 0.15) is 34.2 Å². The van der Waals surface area contributed by atoms with Crippen LogP contribution in [0.3, 0.4) is 0 Å². The number of hydrogen-bond donors (Lipinski definition) is 2. The van der Waals surface area contributed by atoms with Crippen molar-refractivity contribution in [2.45, 2.75) is 33.7 Å². The number of ether oxygens (including phenoxy) is 2. The summed E-state index contributed by atoms with van der Waals surface area (Å²) in [4.78, 5) is 44.1. The minimum Gasteiger partial charge on any atom is -0.406 e. The summed E-state index contributed by atoms with van der Waals surface area (Å²) in [6.07, 6.45) is -4.58. The first-order valence-electron chi connectivity index (χ1n) is 11.5. The Morgan fingerprint density at radius 3 is 2.48 bits per heavy atom. The van der Waals surface area contributed by atoms with Gasteiger partial charge in [0.2, 0.25) is 0 Å². The topological polar surface area (TPSA) is 137 Å². The highest BCUT2D eigenvalue weighted by Gasteiger charge is 2.31. The van der Waals surface area contributed by atoms with Crippen LogP contribution in [-0.4, -0.2) is 43.9 Å². The number of nitrogens with one attached hydrogen (secondary N) is 2. The van der Waals surface area contributed by atoms with Crippen LogP contribution in [0.25, 0.3) is 16.9 Å². The summed E-state index contributed by atoms with van der Waals surface area (Å²) in [5, 5.41) is 9.22. The molecule has 2 N–H and O–H groups in total. The maximum absolute atomic E-state index is 14.2. The highest BCUT2D eigenvalue weighted by Crippen LogP contribution is 2.26. The van der Waals surface area contributed by atoms with E-state index < -0.39 is 42.4 Å². The van der Waals surface area contributed by atoms with E-state index in [4.69, 9.17) is 0 Å². The number of carbonyl (C=O) groups is 3. The molecule has 0 atom stereocenters. The summed E-state index contributed by atoms with van der Waals surface area (Å²) in [6, 6.07) is 7.23. The molecule has 0 radical (unpaired) electrons. The van der Waals surface area contributed by atoms with E-state index in [1.165, 1.54) is 16.8 Å². The number of halogens is 4. The van der Waals surface area contributed by atoms with Gasteiger partial charge in [0.15, 0.2) is 11.5 Å². The van der Waals surface area contributed by atoms with Crippen LogP contribution in [-0.2, 0) is 16.1 Å². The van der Waals surface area contributed by atoms with Crippen molar-refractivity contribution in [1.29, 1.82) is 0 Å². The Kier molecular flexibility index (Phi) is 7.65. The highest BCUT2D eigenvalue weighted by atomic mass is 19.4. The van der Waals surface area contributed by atoms with Crippen LogP contribution < -0.4 is 15.4 Å². The van der Waals surface area contributed by atoms with E-state index in [9.17, 15) is 31.9 Å². The lowest BCUT2D eigenvalue weighted by Gasteiger charge is -2.13. The summed E-state index contributed by atoms with van der Waals surface area (Å²) < 4.78 is 61.3. The van der Waals surface area contributed by atoms with E-state index in [0.717, 1.165) is 25.1 Å². The zero-order valence-electron chi connectivity index (χ0n) is 21.1. The van der Waals surface area contributed by atoms with Crippen LogP contribution in [0.4, 0.5) is 28.2 Å². The molecule has 4 aromatic rings. The fourth-order valence-electron chi connectivity index (χ4n) is 3.72. The lowest BCUT2D eigenvalue weighted by atomic mass is 10.0. The van der Waals surface area contributed by atoms with Gasteiger partial charge in [-0.2, -0.15) is 5.10 Å². The third kappa shape index (κ3) is 6.67. The number of imidazole rings is 1. The van der Waals surface area contributed by atoms with Crippen molar-refractivity contribution in [2.75, 3.05) is 5.32 Å². The highest BCUT2D eigenvalue weighted by molar-refractivity contribution is 5.96. The molecule has 40 heavy (non-hydrogen) atoms. The second-order valence-electron chi connectivity index (χ2n) is 8.39. The van der Waals surface area contributed by atoms with Crippen molar-refractivity contribution in [1.82, 2.24) is 24.9 Å². The lowest BCUT2D eigenvalue weighted by molar-refractivity contribution is -0.274. The molecule has 0 fully saturated rings. The summed E-state index contributed by atoms with van der Waals surface area (Å²) >= 11 is 0. The average Bonchev–Trinajstić information content (AvgIpc) is 3.24. The molecule has 11 nitrogen and oxygen atoms in total. The molecule has 0 saturated carbocycles. The number of carbonyl (C=O) groups excluding carboxylic acids is 3. The molecule has 15 heteroatoms. The molecule has 0 aliphatic heterocycles. The van der Waals surface area contributed by atoms with Crippen molar-refractivity contribution < 1.29 is 41.4 Å². The minimum atomic E-state index is -4.95. The molecule has 3 heterocycles. The average molecular weight is 560 g/mol. The maximum Gasteiger partial charge on any atom is 0.573 e. The van der Waals surface area contributed by atoms with E-state index >= 15 is 0 Å². The first kappa shape index (κ1) is 27.9. The van der Waals surface area contributed by atoms with Crippen molar-refractivity contribution in [3.63, 3.8) is 0 Å². The zero-order valence-corrected chi connectivity index (χ0v) is 21.1. The van der Waals surface area contributed by atoms with Gasteiger partial charge in [0.25, 0.3) is 5.91 Å². The number of anilines is 1. The predicted octanol–water partition coefficient (Wildman–Crippen LogP) is 4.47. The van der Waals surface area contributed by atoms with Crippen LogP contribution >= 0.6 is 0 Å². The third-order valence-electron chi connectivity index (χ3n) is 5.40. The minimum absolute atomic E-state index is 0.0756. The van der Waals surface area contributed by atoms with E-state index in [1.54, 1.807) is 26.0 Å². The first-order chi connectivity index (χ1) is 18.8. The monoisotopic (exact) mass is 560 g/mol. The second-order valence-corrected chi connectivity index (χ2v) is 8.39. The SMILES string of the molecule is CC(=O)OC(=O)Nc1cn2nc(-c3cc(C(=O)NCc4cc(OC(F)(F)F)ccc4F)c(C)nc3C)ccc2n1. The van der Waals surface area contributed by atoms with E-state index in [0.29, 0.717) is 28.3 Å².